The van der Waals surface area contributed by atoms with Gasteiger partial charge in [0.1, 0.15) is 11.6 Å². The summed E-state index contributed by atoms with van der Waals surface area (Å²) in [6.07, 6.45) is -2.53. The smallest absolute Gasteiger partial charge is 0.310 e. The van der Waals surface area contributed by atoms with Crippen molar-refractivity contribution >= 4 is 17.4 Å². The zero-order valence-electron chi connectivity index (χ0n) is 18.8. The highest BCUT2D eigenvalue weighted by Crippen LogP contribution is 2.40. The number of carbonyl (C=O) groups is 1. The van der Waals surface area contributed by atoms with Crippen LogP contribution in [0, 0.1) is 5.82 Å². The minimum absolute atomic E-state index is 0.0432. The van der Waals surface area contributed by atoms with E-state index < -0.39 is 24.4 Å². The molecular formula is C24H20F4N6O. The second-order valence-corrected chi connectivity index (χ2v) is 8.88. The van der Waals surface area contributed by atoms with Crippen molar-refractivity contribution in [3.63, 3.8) is 0 Å². The summed E-state index contributed by atoms with van der Waals surface area (Å²) < 4.78 is 55.1. The average Bonchev–Trinajstić information content (AvgIpc) is 3.27. The fourth-order valence-electron chi connectivity index (χ4n) is 4.26. The number of amides is 1. The fraction of sp³-hybridized carbons (Fsp3) is 0.292. The van der Waals surface area contributed by atoms with Crippen LogP contribution in [0.3, 0.4) is 0 Å². The highest BCUT2D eigenvalue weighted by Gasteiger charge is 2.43. The molecule has 1 aliphatic rings. The highest BCUT2D eigenvalue weighted by molar-refractivity contribution is 6.05. The van der Waals surface area contributed by atoms with Crippen LogP contribution < -0.4 is 5.32 Å². The Morgan fingerprint density at radius 1 is 1.06 bits per heavy atom. The number of benzene rings is 1. The maximum Gasteiger partial charge on any atom is 0.389 e. The van der Waals surface area contributed by atoms with E-state index in [0.717, 1.165) is 0 Å². The van der Waals surface area contributed by atoms with Crippen molar-refractivity contribution in [1.29, 1.82) is 0 Å². The second-order valence-electron chi connectivity index (χ2n) is 8.88. The number of hydrogen-bond acceptors (Lipinski definition) is 5. The number of anilines is 1. The number of aromatic nitrogens is 5. The molecule has 1 amide bonds. The summed E-state index contributed by atoms with van der Waals surface area (Å²) in [5.74, 6) is -0.323. The maximum atomic E-state index is 14.3. The molecule has 0 spiro atoms. The quantitative estimate of drug-likeness (QED) is 0.417. The van der Waals surface area contributed by atoms with E-state index in [1.165, 1.54) is 6.07 Å². The van der Waals surface area contributed by atoms with Crippen LogP contribution in [0.25, 0.3) is 17.3 Å². The zero-order valence-corrected chi connectivity index (χ0v) is 18.8. The first-order chi connectivity index (χ1) is 16.5. The van der Waals surface area contributed by atoms with E-state index in [-0.39, 0.29) is 41.3 Å². The molecule has 3 aromatic heterocycles. The van der Waals surface area contributed by atoms with Gasteiger partial charge in [0.25, 0.3) is 0 Å². The van der Waals surface area contributed by atoms with Crippen LogP contribution in [0.4, 0.5) is 23.4 Å². The van der Waals surface area contributed by atoms with E-state index in [1.54, 1.807) is 54.9 Å². The topological polar surface area (TPSA) is 85.1 Å². The first-order valence-corrected chi connectivity index (χ1v) is 10.9. The van der Waals surface area contributed by atoms with Gasteiger partial charge >= 0.3 is 6.18 Å². The molecule has 0 saturated carbocycles. The minimum Gasteiger partial charge on any atom is -0.310 e. The van der Waals surface area contributed by atoms with Crippen LogP contribution >= 0.6 is 0 Å². The lowest BCUT2D eigenvalue weighted by molar-refractivity contribution is -0.134. The molecule has 0 fully saturated rings. The van der Waals surface area contributed by atoms with Gasteiger partial charge in [-0.2, -0.15) is 13.2 Å². The molecule has 0 bridgehead atoms. The van der Waals surface area contributed by atoms with E-state index in [0.29, 0.717) is 22.5 Å². The second kappa shape index (κ2) is 8.10. The Morgan fingerprint density at radius 3 is 2.57 bits per heavy atom. The van der Waals surface area contributed by atoms with Crippen molar-refractivity contribution < 1.29 is 22.4 Å². The highest BCUT2D eigenvalue weighted by atomic mass is 19.4. The number of carbonyl (C=O) groups excluding carboxylic acids is 1. The van der Waals surface area contributed by atoms with Gasteiger partial charge in [-0.3, -0.25) is 9.20 Å². The van der Waals surface area contributed by atoms with Gasteiger partial charge in [0.2, 0.25) is 5.91 Å². The van der Waals surface area contributed by atoms with Gasteiger partial charge in [-0.1, -0.05) is 18.2 Å². The number of nitrogens with one attached hydrogen (secondary N) is 1. The summed E-state index contributed by atoms with van der Waals surface area (Å²) in [4.78, 5) is 30.4. The molecule has 11 heteroatoms. The van der Waals surface area contributed by atoms with Crippen LogP contribution in [-0.2, 0) is 23.1 Å². The molecule has 35 heavy (non-hydrogen) atoms. The molecule has 1 aliphatic heterocycles. The molecule has 0 radical (unpaired) electrons. The summed E-state index contributed by atoms with van der Waals surface area (Å²) >= 11 is 0. The summed E-state index contributed by atoms with van der Waals surface area (Å²) in [6.45, 7) is 3.24. The molecule has 4 heterocycles. The van der Waals surface area contributed by atoms with Crippen molar-refractivity contribution in [1.82, 2.24) is 24.3 Å². The molecule has 1 N–H and O–H groups in total. The summed E-state index contributed by atoms with van der Waals surface area (Å²) in [7, 11) is 0. The van der Waals surface area contributed by atoms with Crippen molar-refractivity contribution in [2.24, 2.45) is 0 Å². The number of fused-ring (bicyclic) bond motifs is 2. The number of halogens is 4. The third-order valence-electron chi connectivity index (χ3n) is 6.04. The molecule has 0 saturated heterocycles. The summed E-state index contributed by atoms with van der Waals surface area (Å²) in [6, 6.07) is 7.95. The van der Waals surface area contributed by atoms with Gasteiger partial charge in [-0.05, 0) is 38.0 Å². The van der Waals surface area contributed by atoms with Gasteiger partial charge in [0.15, 0.2) is 17.3 Å². The molecule has 180 valence electrons. The van der Waals surface area contributed by atoms with Crippen LogP contribution in [0.2, 0.25) is 0 Å². The maximum absolute atomic E-state index is 14.3. The van der Waals surface area contributed by atoms with Crippen LogP contribution in [-0.4, -0.2) is 36.4 Å². The lowest BCUT2D eigenvalue weighted by Gasteiger charge is -2.18. The molecule has 7 nitrogen and oxygen atoms in total. The van der Waals surface area contributed by atoms with Crippen LogP contribution in [0.5, 0.6) is 0 Å². The number of hydrogen-bond donors (Lipinski definition) is 1. The Morgan fingerprint density at radius 2 is 1.83 bits per heavy atom. The average molecular weight is 484 g/mol. The molecule has 0 atom stereocenters. The molecule has 5 rings (SSSR count). The van der Waals surface area contributed by atoms with E-state index in [1.807, 2.05) is 0 Å². The third kappa shape index (κ3) is 4.11. The van der Waals surface area contributed by atoms with Gasteiger partial charge in [-0.25, -0.2) is 24.3 Å². The van der Waals surface area contributed by atoms with E-state index >= 15 is 0 Å². The number of alkyl halides is 3. The van der Waals surface area contributed by atoms with E-state index in [4.69, 9.17) is 0 Å². The van der Waals surface area contributed by atoms with E-state index in [9.17, 15) is 22.4 Å². The Hall–Kier alpha value is -3.89. The molecule has 4 aromatic rings. The summed E-state index contributed by atoms with van der Waals surface area (Å²) in [5.41, 5.74) is 0.704. The number of rotatable bonds is 5. The Labute approximate surface area is 197 Å². The Kier molecular flexibility index (Phi) is 5.30. The predicted octanol–water partition coefficient (Wildman–Crippen LogP) is 4.64. The van der Waals surface area contributed by atoms with Crippen LogP contribution in [0.1, 0.15) is 42.8 Å². The normalized spacial score (nSPS) is 14.9. The van der Waals surface area contributed by atoms with Gasteiger partial charge < -0.3 is 5.32 Å². The van der Waals surface area contributed by atoms with Gasteiger partial charge in [0.05, 0.1) is 16.8 Å². The monoisotopic (exact) mass is 484 g/mol. The number of nitrogens with zero attached hydrogens (tertiary/aromatic N) is 5. The van der Waals surface area contributed by atoms with Gasteiger partial charge in [-0.15, -0.1) is 0 Å². The van der Waals surface area contributed by atoms with Gasteiger partial charge in [0, 0.05) is 30.8 Å². The first kappa shape index (κ1) is 22.9. The van der Waals surface area contributed by atoms with Crippen molar-refractivity contribution in [3.8, 4) is 11.6 Å². The molecular weight excluding hydrogens is 464 g/mol. The molecule has 0 unspecified atom stereocenters. The Bertz CT molecular complexity index is 1460. The largest absolute Gasteiger partial charge is 0.389 e. The third-order valence-corrected chi connectivity index (χ3v) is 6.04. The number of imidazole rings is 1. The lowest BCUT2D eigenvalue weighted by atomic mass is 9.85. The lowest BCUT2D eigenvalue weighted by Crippen LogP contribution is -2.28. The SMILES string of the molecule is CC1(C)C(=O)Nc2nc(-c3nc(Cc4ccccc4F)c4ncccn34)nc(CCC(F)(F)F)c21. The number of aryl methyl sites for hydroxylation is 1. The first-order valence-electron chi connectivity index (χ1n) is 10.9. The molecule has 1 aromatic carbocycles. The van der Waals surface area contributed by atoms with Crippen molar-refractivity contribution in [2.75, 3.05) is 5.32 Å². The summed E-state index contributed by atoms with van der Waals surface area (Å²) in [5, 5.41) is 2.66. The van der Waals surface area contributed by atoms with E-state index in [2.05, 4.69) is 25.3 Å². The minimum atomic E-state index is -4.39. The predicted molar refractivity (Wildman–Crippen MR) is 119 cm³/mol. The fourth-order valence-corrected chi connectivity index (χ4v) is 4.26. The van der Waals surface area contributed by atoms with Crippen molar-refractivity contribution in [2.45, 2.75) is 44.7 Å². The van der Waals surface area contributed by atoms with Crippen LogP contribution in [0.15, 0.2) is 42.7 Å². The standard InChI is InChI=1S/C24H20F4N6O/c1-23(2)17-15(8-9-24(26,27)28)30-19(32-18(17)33-22(23)35)21-31-16(20-29-10-5-11-34(20)21)12-13-6-3-4-7-14(13)25/h3-7,10-11H,8-9,12H2,1-2H3,(H,30,32,33,35). The molecule has 0 aliphatic carbocycles. The zero-order chi connectivity index (χ0) is 25.0. The van der Waals surface area contributed by atoms with Crippen molar-refractivity contribution in [3.05, 3.63) is 71.1 Å². The Balaban J connectivity index is 1.66.